The number of aromatic nitrogens is 3. The molecule has 9 heteroatoms. The highest BCUT2D eigenvalue weighted by molar-refractivity contribution is 5.96. The van der Waals surface area contributed by atoms with Crippen LogP contribution in [0.1, 0.15) is 15.9 Å². The van der Waals surface area contributed by atoms with Gasteiger partial charge in [0, 0.05) is 12.4 Å². The van der Waals surface area contributed by atoms with E-state index in [9.17, 15) is 14.4 Å². The van der Waals surface area contributed by atoms with Gasteiger partial charge in [-0.05, 0) is 17.7 Å². The van der Waals surface area contributed by atoms with Crippen molar-refractivity contribution in [2.24, 2.45) is 0 Å². The van der Waals surface area contributed by atoms with Crippen molar-refractivity contribution in [3.05, 3.63) is 58.1 Å². The zero-order valence-corrected chi connectivity index (χ0v) is 14.1. The first-order valence-electron chi connectivity index (χ1n) is 7.63. The van der Waals surface area contributed by atoms with E-state index in [2.05, 4.69) is 15.6 Å². The summed E-state index contributed by atoms with van der Waals surface area (Å²) in [5.74, 6) is -0.300. The van der Waals surface area contributed by atoms with Gasteiger partial charge in [0.2, 0.25) is 5.91 Å². The molecule has 0 unspecified atom stereocenters. The maximum Gasteiger partial charge on any atom is 0.341 e. The summed E-state index contributed by atoms with van der Waals surface area (Å²) in [6.45, 7) is 0. The Kier molecular flexibility index (Phi) is 4.70. The number of carbonyl (C=O) groups is 2. The number of rotatable bonds is 5. The fourth-order valence-corrected chi connectivity index (χ4v) is 2.47. The number of H-pyrrole nitrogens is 1. The molecule has 1 amide bonds. The number of methoxy groups -OCH3 is 2. The van der Waals surface area contributed by atoms with E-state index in [0.717, 1.165) is 5.56 Å². The Morgan fingerprint density at radius 2 is 1.92 bits per heavy atom. The van der Waals surface area contributed by atoms with E-state index in [1.807, 2.05) is 0 Å². The second-order valence-electron chi connectivity index (χ2n) is 5.45. The van der Waals surface area contributed by atoms with Gasteiger partial charge in [-0.15, -0.1) is 0 Å². The van der Waals surface area contributed by atoms with Gasteiger partial charge >= 0.3 is 5.97 Å². The van der Waals surface area contributed by atoms with Crippen molar-refractivity contribution in [2.45, 2.75) is 6.42 Å². The lowest BCUT2D eigenvalue weighted by Crippen LogP contribution is -2.26. The fraction of sp³-hybridized carbons (Fsp3) is 0.176. The maximum absolute atomic E-state index is 12.3. The molecule has 1 aromatic carbocycles. The second-order valence-corrected chi connectivity index (χ2v) is 5.45. The molecule has 134 valence electrons. The Hall–Kier alpha value is -3.62. The Balaban J connectivity index is 1.84. The number of esters is 1. The molecule has 0 atom stereocenters. The molecule has 3 rings (SSSR count). The van der Waals surface area contributed by atoms with Gasteiger partial charge < -0.3 is 9.47 Å². The Morgan fingerprint density at radius 3 is 2.58 bits per heavy atom. The molecular formula is C17H16N4O5. The third-order valence-corrected chi connectivity index (χ3v) is 3.74. The third-order valence-electron chi connectivity index (χ3n) is 3.74. The third kappa shape index (κ3) is 3.41. The number of fused-ring (bicyclic) bond motifs is 1. The molecule has 2 aliphatic heterocycles. The maximum atomic E-state index is 12.3. The van der Waals surface area contributed by atoms with Crippen LogP contribution in [-0.4, -0.2) is 41.0 Å². The van der Waals surface area contributed by atoms with E-state index in [1.54, 1.807) is 31.4 Å². The van der Waals surface area contributed by atoms with Crippen LogP contribution in [0, 0.1) is 0 Å². The van der Waals surface area contributed by atoms with Crippen molar-refractivity contribution in [3.63, 3.8) is 0 Å². The number of hydrogen-bond donors (Lipinski definition) is 2. The van der Waals surface area contributed by atoms with Gasteiger partial charge in [-0.2, -0.15) is 5.10 Å². The van der Waals surface area contributed by atoms with Crippen molar-refractivity contribution < 1.29 is 19.1 Å². The largest absolute Gasteiger partial charge is 0.497 e. The summed E-state index contributed by atoms with van der Waals surface area (Å²) in [6, 6.07) is 7.06. The summed E-state index contributed by atoms with van der Waals surface area (Å²) in [4.78, 5) is 36.0. The number of ether oxygens (including phenoxy) is 2. The molecule has 9 nitrogen and oxygen atoms in total. The first-order valence-corrected chi connectivity index (χ1v) is 7.63. The molecule has 0 spiro atoms. The average Bonchev–Trinajstić information content (AvgIpc) is 3.02. The molecule has 1 aromatic rings. The monoisotopic (exact) mass is 356 g/mol. The fourth-order valence-electron chi connectivity index (χ4n) is 2.47. The summed E-state index contributed by atoms with van der Waals surface area (Å²) in [6.07, 6.45) is 2.85. The van der Waals surface area contributed by atoms with Gasteiger partial charge in [0.1, 0.15) is 17.0 Å². The lowest BCUT2D eigenvalue weighted by molar-refractivity contribution is -0.116. The van der Waals surface area contributed by atoms with Crippen molar-refractivity contribution >= 4 is 11.9 Å². The molecule has 2 aliphatic rings. The van der Waals surface area contributed by atoms with Crippen LogP contribution in [0.25, 0.3) is 11.3 Å². The van der Waals surface area contributed by atoms with E-state index in [0.29, 0.717) is 5.75 Å². The predicted molar refractivity (Wildman–Crippen MR) is 91.9 cm³/mol. The van der Waals surface area contributed by atoms with Crippen LogP contribution in [0.4, 0.5) is 0 Å². The minimum atomic E-state index is -0.666. The number of pyridine rings is 1. The molecule has 26 heavy (non-hydrogen) atoms. The Labute approximate surface area is 147 Å². The highest BCUT2D eigenvalue weighted by Gasteiger charge is 2.22. The standard InChI is InChI=1S/C17H16N4O5/c1-25-11-5-3-10(4-6-11)7-14(22)20-21-8-12-15(18-19-16(12)23)13(9-21)17(24)26-2/h3-6,8-9H,7H2,1-2H3,(H,19,23)(H,20,22). The zero-order valence-electron chi connectivity index (χ0n) is 14.1. The topological polar surface area (TPSA) is 115 Å². The SMILES string of the molecule is COC(=O)c1cn(NC(=O)Cc2ccc(OC)cc2)cc2c(=O)[nH]nc1-2. The summed E-state index contributed by atoms with van der Waals surface area (Å²) >= 11 is 0. The molecule has 0 bridgehead atoms. The number of hydrogen-bond acceptors (Lipinski definition) is 6. The molecule has 0 aromatic heterocycles. The number of nitrogens with one attached hydrogen (secondary N) is 2. The predicted octanol–water partition coefficient (Wildman–Crippen LogP) is 0.784. The van der Waals surface area contributed by atoms with Gasteiger partial charge in [-0.3, -0.25) is 19.7 Å². The van der Waals surface area contributed by atoms with Gasteiger partial charge in [-0.1, -0.05) is 12.1 Å². The summed E-state index contributed by atoms with van der Waals surface area (Å²) < 4.78 is 11.0. The molecule has 0 aliphatic carbocycles. The highest BCUT2D eigenvalue weighted by Crippen LogP contribution is 2.20. The van der Waals surface area contributed by atoms with Gasteiger partial charge in [-0.25, -0.2) is 9.89 Å². The van der Waals surface area contributed by atoms with Crippen LogP contribution >= 0.6 is 0 Å². The van der Waals surface area contributed by atoms with Crippen molar-refractivity contribution in [3.8, 4) is 17.0 Å². The van der Waals surface area contributed by atoms with Crippen LogP contribution in [0.3, 0.4) is 0 Å². The summed E-state index contributed by atoms with van der Waals surface area (Å²) in [5, 5.41) is 6.09. The lowest BCUT2D eigenvalue weighted by Gasteiger charge is -2.13. The smallest absolute Gasteiger partial charge is 0.341 e. The van der Waals surface area contributed by atoms with Crippen molar-refractivity contribution in [1.82, 2.24) is 14.9 Å². The normalized spacial score (nSPS) is 10.5. The molecule has 0 saturated carbocycles. The first-order chi connectivity index (χ1) is 12.5. The van der Waals surface area contributed by atoms with Crippen molar-refractivity contribution in [1.29, 1.82) is 0 Å². The molecule has 2 heterocycles. The molecular weight excluding hydrogens is 340 g/mol. The zero-order chi connectivity index (χ0) is 18.7. The quantitative estimate of drug-likeness (QED) is 0.653. The molecule has 0 fully saturated rings. The van der Waals surface area contributed by atoms with Crippen LogP contribution in [-0.2, 0) is 16.0 Å². The molecule has 0 saturated heterocycles. The van der Waals surface area contributed by atoms with Gasteiger partial charge in [0.05, 0.1) is 26.2 Å². The van der Waals surface area contributed by atoms with Crippen LogP contribution in [0.5, 0.6) is 5.75 Å². The van der Waals surface area contributed by atoms with E-state index < -0.39 is 11.5 Å². The van der Waals surface area contributed by atoms with Crippen LogP contribution in [0.15, 0.2) is 41.5 Å². The number of benzene rings is 1. The lowest BCUT2D eigenvalue weighted by atomic mass is 10.1. The minimum Gasteiger partial charge on any atom is -0.497 e. The number of nitrogens with zero attached hydrogens (tertiary/aromatic N) is 2. The number of carbonyl (C=O) groups excluding carboxylic acids is 2. The van der Waals surface area contributed by atoms with Crippen LogP contribution in [0.2, 0.25) is 0 Å². The molecule has 2 N–H and O–H groups in total. The summed E-state index contributed by atoms with van der Waals surface area (Å²) in [5.41, 5.74) is 3.33. The van der Waals surface area contributed by atoms with Gasteiger partial charge in [0.25, 0.3) is 5.56 Å². The number of amides is 1. The Bertz CT molecular complexity index is 974. The van der Waals surface area contributed by atoms with Gasteiger partial charge in [0.15, 0.2) is 0 Å². The average molecular weight is 356 g/mol. The van der Waals surface area contributed by atoms with Crippen LogP contribution < -0.4 is 15.7 Å². The summed E-state index contributed by atoms with van der Waals surface area (Å²) in [7, 11) is 2.78. The van der Waals surface area contributed by atoms with E-state index >= 15 is 0 Å². The van der Waals surface area contributed by atoms with Crippen molar-refractivity contribution in [2.75, 3.05) is 19.6 Å². The highest BCUT2D eigenvalue weighted by atomic mass is 16.5. The number of aromatic amines is 1. The first kappa shape index (κ1) is 17.2. The second kappa shape index (κ2) is 7.09. The minimum absolute atomic E-state index is 0.0631. The van der Waals surface area contributed by atoms with E-state index in [4.69, 9.17) is 9.47 Å². The molecule has 0 radical (unpaired) electrons. The Morgan fingerprint density at radius 1 is 1.19 bits per heavy atom. The van der Waals surface area contributed by atoms with E-state index in [1.165, 1.54) is 24.2 Å². The van der Waals surface area contributed by atoms with E-state index in [-0.39, 0.29) is 29.1 Å².